The van der Waals surface area contributed by atoms with E-state index in [9.17, 15) is 14.7 Å². The lowest BCUT2D eigenvalue weighted by atomic mass is 9.65. The number of rotatable bonds is 4. The first-order valence-corrected chi connectivity index (χ1v) is 7.32. The molecular weight excluding hydrogens is 266 g/mol. The highest BCUT2D eigenvalue weighted by atomic mass is 16.4. The molecule has 2 rings (SSSR count). The molecule has 1 aromatic carbocycles. The van der Waals surface area contributed by atoms with Crippen LogP contribution >= 0.6 is 0 Å². The number of carboxylic acids is 1. The molecule has 2 atom stereocenters. The third-order valence-electron chi connectivity index (χ3n) is 5.30. The van der Waals surface area contributed by atoms with Gasteiger partial charge in [0.2, 0.25) is 5.91 Å². The van der Waals surface area contributed by atoms with Crippen molar-refractivity contribution < 1.29 is 14.7 Å². The molecule has 0 radical (unpaired) electrons. The van der Waals surface area contributed by atoms with Crippen molar-refractivity contribution in [3.8, 4) is 0 Å². The van der Waals surface area contributed by atoms with Crippen LogP contribution in [-0.4, -0.2) is 11.9 Å². The van der Waals surface area contributed by atoms with Crippen LogP contribution in [0, 0.1) is 16.7 Å². The van der Waals surface area contributed by atoms with Gasteiger partial charge in [0.15, 0.2) is 0 Å². The summed E-state index contributed by atoms with van der Waals surface area (Å²) >= 11 is 0. The predicted molar refractivity (Wildman–Crippen MR) is 77.9 cm³/mol. The SMILES string of the molecule is CC1(C)[C@@H](C(=O)NCc2ccccc2)CC[C@]1(C)C(=O)[O-]. The molecule has 21 heavy (non-hydrogen) atoms. The highest BCUT2D eigenvalue weighted by Gasteiger charge is 2.54. The van der Waals surface area contributed by atoms with E-state index < -0.39 is 16.8 Å². The van der Waals surface area contributed by atoms with Gasteiger partial charge in [-0.15, -0.1) is 0 Å². The maximum atomic E-state index is 12.4. The molecule has 4 nitrogen and oxygen atoms in total. The fourth-order valence-electron chi connectivity index (χ4n) is 3.23. The molecule has 4 heteroatoms. The zero-order chi connectivity index (χ0) is 15.7. The van der Waals surface area contributed by atoms with Crippen LogP contribution in [0.1, 0.15) is 39.2 Å². The molecule has 1 saturated carbocycles. The number of carbonyl (C=O) groups excluding carboxylic acids is 2. The summed E-state index contributed by atoms with van der Waals surface area (Å²) in [6.45, 7) is 5.85. The number of hydrogen-bond acceptors (Lipinski definition) is 3. The summed E-state index contributed by atoms with van der Waals surface area (Å²) < 4.78 is 0. The maximum absolute atomic E-state index is 12.4. The van der Waals surface area contributed by atoms with Gasteiger partial charge in [0.1, 0.15) is 0 Å². The van der Waals surface area contributed by atoms with Crippen LogP contribution in [-0.2, 0) is 16.1 Å². The number of carbonyl (C=O) groups is 2. The second-order valence-electron chi connectivity index (χ2n) is 6.64. The van der Waals surface area contributed by atoms with E-state index >= 15 is 0 Å². The van der Waals surface area contributed by atoms with E-state index in [1.807, 2.05) is 44.2 Å². The molecule has 0 saturated heterocycles. The first-order valence-electron chi connectivity index (χ1n) is 7.32. The molecule has 1 aromatic rings. The molecule has 0 heterocycles. The standard InChI is InChI=1S/C17H23NO3/c1-16(2)13(9-10-17(16,3)15(20)21)14(19)18-11-12-7-5-4-6-8-12/h4-8,13H,9-11H2,1-3H3,(H,18,19)(H,20,21)/p-1/t13-,17-/m1/s1. The minimum absolute atomic E-state index is 0.0752. The normalized spacial score (nSPS) is 27.3. The Morgan fingerprint density at radius 3 is 2.38 bits per heavy atom. The molecule has 0 unspecified atom stereocenters. The summed E-state index contributed by atoms with van der Waals surface area (Å²) in [7, 11) is 0. The van der Waals surface area contributed by atoms with Gasteiger partial charge in [-0.2, -0.15) is 0 Å². The van der Waals surface area contributed by atoms with Crippen molar-refractivity contribution in [1.29, 1.82) is 0 Å². The van der Waals surface area contributed by atoms with E-state index in [1.165, 1.54) is 0 Å². The largest absolute Gasteiger partial charge is 0.550 e. The summed E-state index contributed by atoms with van der Waals surface area (Å²) in [5, 5.41) is 14.4. The Morgan fingerprint density at radius 1 is 1.24 bits per heavy atom. The Bertz CT molecular complexity index is 538. The first kappa shape index (κ1) is 15.5. The molecule has 1 fully saturated rings. The van der Waals surface area contributed by atoms with E-state index in [0.717, 1.165) is 5.56 Å². The quantitative estimate of drug-likeness (QED) is 0.912. The van der Waals surface area contributed by atoms with Crippen molar-refractivity contribution in [3.05, 3.63) is 35.9 Å². The van der Waals surface area contributed by atoms with Crippen molar-refractivity contribution in [2.45, 2.75) is 40.2 Å². The van der Waals surface area contributed by atoms with Gasteiger partial charge in [0.05, 0.1) is 0 Å². The van der Waals surface area contributed by atoms with Crippen molar-refractivity contribution in [2.75, 3.05) is 0 Å². The van der Waals surface area contributed by atoms with Crippen LogP contribution in [0.25, 0.3) is 0 Å². The third kappa shape index (κ3) is 2.67. The van der Waals surface area contributed by atoms with E-state index in [-0.39, 0.29) is 11.8 Å². The van der Waals surface area contributed by atoms with Crippen molar-refractivity contribution in [1.82, 2.24) is 5.32 Å². The molecule has 1 aliphatic carbocycles. The van der Waals surface area contributed by atoms with Crippen LogP contribution in [0.15, 0.2) is 30.3 Å². The van der Waals surface area contributed by atoms with Crippen LogP contribution in [0.4, 0.5) is 0 Å². The highest BCUT2D eigenvalue weighted by Crippen LogP contribution is 2.55. The van der Waals surface area contributed by atoms with Gasteiger partial charge in [-0.1, -0.05) is 51.1 Å². The van der Waals surface area contributed by atoms with E-state index in [1.54, 1.807) is 6.92 Å². The molecule has 0 bridgehead atoms. The Balaban J connectivity index is 2.05. The molecule has 1 aliphatic rings. The lowest BCUT2D eigenvalue weighted by Crippen LogP contribution is -2.50. The number of amides is 1. The summed E-state index contributed by atoms with van der Waals surface area (Å²) in [5.74, 6) is -1.44. The summed E-state index contributed by atoms with van der Waals surface area (Å²) in [5.41, 5.74) is -0.543. The number of benzene rings is 1. The zero-order valence-electron chi connectivity index (χ0n) is 12.8. The molecule has 114 valence electrons. The maximum Gasteiger partial charge on any atom is 0.223 e. The number of hydrogen-bond donors (Lipinski definition) is 1. The number of aliphatic carboxylic acids is 1. The second-order valence-corrected chi connectivity index (χ2v) is 6.64. The van der Waals surface area contributed by atoms with E-state index in [0.29, 0.717) is 19.4 Å². The molecule has 1 N–H and O–H groups in total. The van der Waals surface area contributed by atoms with Gasteiger partial charge < -0.3 is 15.2 Å². The fourth-order valence-corrected chi connectivity index (χ4v) is 3.23. The smallest absolute Gasteiger partial charge is 0.223 e. The molecule has 0 aliphatic heterocycles. The van der Waals surface area contributed by atoms with Crippen LogP contribution in [0.5, 0.6) is 0 Å². The van der Waals surface area contributed by atoms with Crippen molar-refractivity contribution in [3.63, 3.8) is 0 Å². The highest BCUT2D eigenvalue weighted by molar-refractivity contribution is 5.83. The van der Waals surface area contributed by atoms with Gasteiger partial charge in [0.25, 0.3) is 0 Å². The van der Waals surface area contributed by atoms with Crippen molar-refractivity contribution >= 4 is 11.9 Å². The Labute approximate surface area is 125 Å². The van der Waals surface area contributed by atoms with Crippen molar-refractivity contribution in [2.24, 2.45) is 16.7 Å². The summed E-state index contributed by atoms with van der Waals surface area (Å²) in [6, 6.07) is 9.68. The first-order chi connectivity index (χ1) is 9.79. The molecular formula is C17H22NO3-. The second kappa shape index (κ2) is 5.51. The number of nitrogens with one attached hydrogen (secondary N) is 1. The molecule has 0 spiro atoms. The van der Waals surface area contributed by atoms with Gasteiger partial charge in [-0.05, 0) is 23.8 Å². The van der Waals surface area contributed by atoms with Gasteiger partial charge in [-0.3, -0.25) is 4.79 Å². The lowest BCUT2D eigenvalue weighted by molar-refractivity contribution is -0.323. The Kier molecular flexibility index (Phi) is 4.08. The van der Waals surface area contributed by atoms with Gasteiger partial charge in [-0.25, -0.2) is 0 Å². The van der Waals surface area contributed by atoms with Gasteiger partial charge >= 0.3 is 0 Å². The van der Waals surface area contributed by atoms with Gasteiger partial charge in [0, 0.05) is 23.8 Å². The lowest BCUT2D eigenvalue weighted by Gasteiger charge is -2.41. The van der Waals surface area contributed by atoms with E-state index in [2.05, 4.69) is 5.32 Å². The van der Waals surface area contributed by atoms with Crippen LogP contribution < -0.4 is 10.4 Å². The van der Waals surface area contributed by atoms with Crippen LogP contribution in [0.3, 0.4) is 0 Å². The van der Waals surface area contributed by atoms with E-state index in [4.69, 9.17) is 0 Å². The Morgan fingerprint density at radius 2 is 1.86 bits per heavy atom. The predicted octanol–water partition coefficient (Wildman–Crippen LogP) is 1.50. The average molecular weight is 288 g/mol. The summed E-state index contributed by atoms with van der Waals surface area (Å²) in [6.07, 6.45) is 1.06. The number of carboxylic acid groups (broad SMARTS) is 1. The molecule has 0 aromatic heterocycles. The van der Waals surface area contributed by atoms with Crippen LogP contribution in [0.2, 0.25) is 0 Å². The monoisotopic (exact) mass is 288 g/mol. The Hall–Kier alpha value is -1.84. The zero-order valence-corrected chi connectivity index (χ0v) is 12.8. The third-order valence-corrected chi connectivity index (χ3v) is 5.30. The minimum atomic E-state index is -1.06. The average Bonchev–Trinajstić information content (AvgIpc) is 2.69. The fraction of sp³-hybridized carbons (Fsp3) is 0.529. The molecule has 1 amide bonds. The minimum Gasteiger partial charge on any atom is -0.550 e. The summed E-state index contributed by atoms with van der Waals surface area (Å²) in [4.78, 5) is 23.9. The topological polar surface area (TPSA) is 69.2 Å².